The molecule has 0 aliphatic rings. The minimum atomic E-state index is -1.15. The van der Waals surface area contributed by atoms with Crippen LogP contribution in [0.15, 0.2) is 6.07 Å². The smallest absolute Gasteiger partial charge is 0.412 e. The Morgan fingerprint density at radius 2 is 2.06 bits per heavy atom. The summed E-state index contributed by atoms with van der Waals surface area (Å²) in [6, 6.07) is 1.37. The van der Waals surface area contributed by atoms with E-state index in [0.29, 0.717) is 0 Å². The summed E-state index contributed by atoms with van der Waals surface area (Å²) in [6.07, 6.45) is -0.713. The Kier molecular flexibility index (Phi) is 4.00. The highest BCUT2D eigenvalue weighted by molar-refractivity contribution is 7.18. The van der Waals surface area contributed by atoms with Gasteiger partial charge in [-0.25, -0.2) is 9.59 Å². The molecule has 0 fully saturated rings. The third kappa shape index (κ3) is 4.24. The maximum atomic E-state index is 11.4. The van der Waals surface area contributed by atoms with Gasteiger partial charge in [0.2, 0.25) is 0 Å². The van der Waals surface area contributed by atoms with Crippen LogP contribution in [0.1, 0.15) is 30.4 Å². The number of carboxylic acids is 1. The molecule has 5 nitrogen and oxygen atoms in total. The molecule has 1 aromatic rings. The van der Waals surface area contributed by atoms with Crippen molar-refractivity contribution in [2.75, 3.05) is 5.32 Å². The third-order valence-corrected chi connectivity index (χ3v) is 2.78. The van der Waals surface area contributed by atoms with Crippen LogP contribution in [-0.2, 0) is 4.74 Å². The Bertz CT molecular complexity index is 450. The van der Waals surface area contributed by atoms with Crippen molar-refractivity contribution in [3.63, 3.8) is 0 Å². The van der Waals surface area contributed by atoms with E-state index in [-0.39, 0.29) is 14.9 Å². The highest BCUT2D eigenvalue weighted by Gasteiger charge is 2.20. The van der Waals surface area contributed by atoms with Gasteiger partial charge in [-0.15, -0.1) is 11.3 Å². The summed E-state index contributed by atoms with van der Waals surface area (Å²) in [5.74, 6) is -1.15. The first-order valence-electron chi connectivity index (χ1n) is 4.71. The predicted molar refractivity (Wildman–Crippen MR) is 66.1 cm³/mol. The topological polar surface area (TPSA) is 75.6 Å². The van der Waals surface area contributed by atoms with Gasteiger partial charge in [0.25, 0.3) is 0 Å². The van der Waals surface area contributed by atoms with Gasteiger partial charge in [0.05, 0.1) is 10.0 Å². The normalized spacial score (nSPS) is 11.1. The fraction of sp³-hybridized carbons (Fsp3) is 0.400. The van der Waals surface area contributed by atoms with Gasteiger partial charge < -0.3 is 9.84 Å². The zero-order valence-corrected chi connectivity index (χ0v) is 11.1. The van der Waals surface area contributed by atoms with Crippen molar-refractivity contribution in [1.82, 2.24) is 0 Å². The van der Waals surface area contributed by atoms with E-state index in [0.717, 1.165) is 11.3 Å². The lowest BCUT2D eigenvalue weighted by atomic mass is 10.2. The zero-order chi connectivity index (χ0) is 13.2. The molecule has 2 N–H and O–H groups in total. The lowest BCUT2D eigenvalue weighted by molar-refractivity contribution is 0.0636. The van der Waals surface area contributed by atoms with Gasteiger partial charge in [0, 0.05) is 0 Å². The number of halogens is 1. The van der Waals surface area contributed by atoms with Gasteiger partial charge in [0.1, 0.15) is 10.5 Å². The number of carbonyl (C=O) groups excluding carboxylic acids is 1. The van der Waals surface area contributed by atoms with Crippen molar-refractivity contribution in [3.8, 4) is 0 Å². The first kappa shape index (κ1) is 13.8. The van der Waals surface area contributed by atoms with Crippen molar-refractivity contribution in [1.29, 1.82) is 0 Å². The molecular weight excluding hydrogens is 266 g/mol. The first-order valence-corrected chi connectivity index (χ1v) is 5.91. The number of ether oxygens (including phenoxy) is 1. The molecule has 17 heavy (non-hydrogen) atoms. The molecule has 0 radical (unpaired) electrons. The maximum absolute atomic E-state index is 11.4. The Hall–Kier alpha value is -1.27. The number of carboxylic acid groups (broad SMARTS) is 1. The SMILES string of the molecule is CC(C)(C)OC(=O)Nc1cc(Cl)sc1C(=O)O. The van der Waals surface area contributed by atoms with Crippen LogP contribution in [0, 0.1) is 0 Å². The maximum Gasteiger partial charge on any atom is 0.412 e. The molecule has 0 spiro atoms. The standard InChI is InChI=1S/C10H12ClNO4S/c1-10(2,3)16-9(15)12-5-4-6(11)17-7(5)8(13)14/h4H,1-3H3,(H,12,15)(H,13,14). The number of rotatable bonds is 2. The van der Waals surface area contributed by atoms with Gasteiger partial charge in [-0.3, -0.25) is 5.32 Å². The van der Waals surface area contributed by atoms with E-state index in [4.69, 9.17) is 21.4 Å². The molecule has 0 bridgehead atoms. The Balaban J connectivity index is 2.81. The zero-order valence-electron chi connectivity index (χ0n) is 9.54. The minimum Gasteiger partial charge on any atom is -0.477 e. The molecule has 0 aromatic carbocycles. The molecular formula is C10H12ClNO4S. The fourth-order valence-electron chi connectivity index (χ4n) is 1.03. The van der Waals surface area contributed by atoms with Crippen molar-refractivity contribution >= 4 is 40.7 Å². The Labute approximate surface area is 107 Å². The van der Waals surface area contributed by atoms with Gasteiger partial charge in [-0.1, -0.05) is 11.6 Å². The predicted octanol–water partition coefficient (Wildman–Crippen LogP) is 3.45. The van der Waals surface area contributed by atoms with E-state index >= 15 is 0 Å². The number of hydrogen-bond acceptors (Lipinski definition) is 4. The van der Waals surface area contributed by atoms with Gasteiger partial charge in [-0.2, -0.15) is 0 Å². The molecule has 1 aromatic heterocycles. The number of amides is 1. The summed E-state index contributed by atoms with van der Waals surface area (Å²) in [4.78, 5) is 22.3. The van der Waals surface area contributed by atoms with E-state index in [1.807, 2.05) is 0 Å². The summed E-state index contributed by atoms with van der Waals surface area (Å²) < 4.78 is 5.29. The van der Waals surface area contributed by atoms with Crippen molar-refractivity contribution in [2.45, 2.75) is 26.4 Å². The van der Waals surface area contributed by atoms with E-state index in [9.17, 15) is 9.59 Å². The van der Waals surface area contributed by atoms with E-state index < -0.39 is 17.7 Å². The molecule has 1 amide bonds. The van der Waals surface area contributed by atoms with Gasteiger partial charge in [-0.05, 0) is 26.8 Å². The van der Waals surface area contributed by atoms with Crippen molar-refractivity contribution < 1.29 is 19.4 Å². The Morgan fingerprint density at radius 3 is 2.53 bits per heavy atom. The van der Waals surface area contributed by atoms with Crippen LogP contribution in [0.5, 0.6) is 0 Å². The average Bonchev–Trinajstić information content (AvgIpc) is 2.42. The highest BCUT2D eigenvalue weighted by Crippen LogP contribution is 2.31. The van der Waals surface area contributed by atoms with Crippen molar-refractivity contribution in [2.24, 2.45) is 0 Å². The monoisotopic (exact) mass is 277 g/mol. The largest absolute Gasteiger partial charge is 0.477 e. The number of hydrogen-bond donors (Lipinski definition) is 2. The van der Waals surface area contributed by atoms with Crippen molar-refractivity contribution in [3.05, 3.63) is 15.3 Å². The summed E-state index contributed by atoms with van der Waals surface area (Å²) >= 11 is 6.57. The van der Waals surface area contributed by atoms with Gasteiger partial charge in [0.15, 0.2) is 0 Å². The summed E-state index contributed by atoms with van der Waals surface area (Å²) in [6.45, 7) is 5.14. The summed E-state index contributed by atoms with van der Waals surface area (Å²) in [5, 5.41) is 11.2. The van der Waals surface area contributed by atoms with Crippen LogP contribution in [-0.4, -0.2) is 22.8 Å². The van der Waals surface area contributed by atoms with Crippen LogP contribution in [0.25, 0.3) is 0 Å². The second kappa shape index (κ2) is 4.93. The third-order valence-electron chi connectivity index (χ3n) is 1.53. The van der Waals surface area contributed by atoms with Crippen LogP contribution in [0.4, 0.5) is 10.5 Å². The average molecular weight is 278 g/mol. The molecule has 1 heterocycles. The van der Waals surface area contributed by atoms with E-state index in [1.54, 1.807) is 20.8 Å². The van der Waals surface area contributed by atoms with Crippen LogP contribution < -0.4 is 5.32 Å². The molecule has 0 aliphatic carbocycles. The van der Waals surface area contributed by atoms with Crippen LogP contribution in [0.2, 0.25) is 4.34 Å². The van der Waals surface area contributed by atoms with Crippen LogP contribution >= 0.6 is 22.9 Å². The number of nitrogens with one attached hydrogen (secondary N) is 1. The molecule has 7 heteroatoms. The molecule has 0 atom stereocenters. The highest BCUT2D eigenvalue weighted by atomic mass is 35.5. The molecule has 94 valence electrons. The minimum absolute atomic E-state index is 0.0270. The summed E-state index contributed by atoms with van der Waals surface area (Å²) in [7, 11) is 0. The van der Waals surface area contributed by atoms with E-state index in [1.165, 1.54) is 6.07 Å². The van der Waals surface area contributed by atoms with E-state index in [2.05, 4.69) is 5.32 Å². The lowest BCUT2D eigenvalue weighted by Gasteiger charge is -2.19. The molecule has 0 saturated carbocycles. The fourth-order valence-corrected chi connectivity index (χ4v) is 2.05. The quantitative estimate of drug-likeness (QED) is 0.868. The first-order chi connectivity index (χ1) is 7.69. The second-order valence-electron chi connectivity index (χ2n) is 4.23. The molecule has 0 aliphatic heterocycles. The number of carbonyl (C=O) groups is 2. The number of anilines is 1. The summed E-state index contributed by atoms with van der Waals surface area (Å²) in [5.41, 5.74) is -0.505. The molecule has 0 unspecified atom stereocenters. The molecule has 1 rings (SSSR count). The molecule has 0 saturated heterocycles. The lowest BCUT2D eigenvalue weighted by Crippen LogP contribution is -2.27. The van der Waals surface area contributed by atoms with Gasteiger partial charge >= 0.3 is 12.1 Å². The number of aromatic carboxylic acids is 1. The number of thiophene rings is 1. The second-order valence-corrected chi connectivity index (χ2v) is 5.91. The van der Waals surface area contributed by atoms with Crippen LogP contribution in [0.3, 0.4) is 0 Å². The Morgan fingerprint density at radius 1 is 1.47 bits per heavy atom.